The van der Waals surface area contributed by atoms with Crippen molar-refractivity contribution in [2.45, 2.75) is 38.5 Å². The molecule has 0 aliphatic heterocycles. The van der Waals surface area contributed by atoms with Crippen LogP contribution >= 0.6 is 0 Å². The van der Waals surface area contributed by atoms with Gasteiger partial charge in [-0.3, -0.25) is 9.59 Å². The van der Waals surface area contributed by atoms with Crippen LogP contribution in [0.25, 0.3) is 0 Å². The van der Waals surface area contributed by atoms with Crippen LogP contribution < -0.4 is 0 Å². The maximum absolute atomic E-state index is 11.8. The van der Waals surface area contributed by atoms with E-state index in [4.69, 9.17) is 9.47 Å². The molecule has 4 heteroatoms. The third-order valence-electron chi connectivity index (χ3n) is 4.71. The highest BCUT2D eigenvalue weighted by Gasteiger charge is 2.46. The molecule has 0 amide bonds. The second kappa shape index (κ2) is 5.72. The zero-order valence-corrected chi connectivity index (χ0v) is 11.2. The van der Waals surface area contributed by atoms with Gasteiger partial charge in [0.2, 0.25) is 0 Å². The molecule has 0 aromatic carbocycles. The van der Waals surface area contributed by atoms with Crippen LogP contribution in [-0.2, 0) is 19.1 Å². The normalized spacial score (nSPS) is 35.4. The highest BCUT2D eigenvalue weighted by molar-refractivity contribution is 5.75. The molecule has 2 rings (SSSR count). The van der Waals surface area contributed by atoms with Gasteiger partial charge in [-0.1, -0.05) is 12.8 Å². The summed E-state index contributed by atoms with van der Waals surface area (Å²) in [6.07, 6.45) is 5.90. The number of ether oxygens (including phenoxy) is 2. The quantitative estimate of drug-likeness (QED) is 0.709. The molecule has 2 aliphatic rings. The van der Waals surface area contributed by atoms with E-state index in [0.29, 0.717) is 11.8 Å². The standard InChI is InChI=1S/C14H22O4/c1-17-13(15)11-7-8-12(14(16)18-2)10-6-4-3-5-9(10)11/h9-12H,3-8H2,1-2H3/t9-,10-,11-,12+/m1/s1. The molecule has 0 aromatic rings. The Morgan fingerprint density at radius 3 is 1.50 bits per heavy atom. The fourth-order valence-corrected chi connectivity index (χ4v) is 3.86. The lowest BCUT2D eigenvalue weighted by atomic mass is 9.61. The third kappa shape index (κ3) is 2.38. The van der Waals surface area contributed by atoms with E-state index in [-0.39, 0.29) is 23.8 Å². The van der Waals surface area contributed by atoms with E-state index in [0.717, 1.165) is 38.5 Å². The second-order valence-corrected chi connectivity index (χ2v) is 5.45. The molecule has 2 fully saturated rings. The average molecular weight is 254 g/mol. The first-order valence-electron chi connectivity index (χ1n) is 6.84. The summed E-state index contributed by atoms with van der Waals surface area (Å²) in [6.45, 7) is 0. The van der Waals surface area contributed by atoms with Gasteiger partial charge in [-0.2, -0.15) is 0 Å². The van der Waals surface area contributed by atoms with Gasteiger partial charge >= 0.3 is 11.9 Å². The van der Waals surface area contributed by atoms with Gasteiger partial charge in [0.05, 0.1) is 26.1 Å². The first-order valence-corrected chi connectivity index (χ1v) is 6.84. The molecule has 4 nitrogen and oxygen atoms in total. The zero-order valence-electron chi connectivity index (χ0n) is 11.2. The van der Waals surface area contributed by atoms with E-state index < -0.39 is 0 Å². The van der Waals surface area contributed by atoms with Crippen LogP contribution in [0.1, 0.15) is 38.5 Å². The summed E-state index contributed by atoms with van der Waals surface area (Å²) in [5.41, 5.74) is 0. The Kier molecular flexibility index (Phi) is 4.25. The van der Waals surface area contributed by atoms with Gasteiger partial charge in [0.15, 0.2) is 0 Å². The molecule has 18 heavy (non-hydrogen) atoms. The van der Waals surface area contributed by atoms with E-state index in [1.54, 1.807) is 0 Å². The number of esters is 2. The van der Waals surface area contributed by atoms with Gasteiger partial charge in [-0.15, -0.1) is 0 Å². The summed E-state index contributed by atoms with van der Waals surface area (Å²) in [4.78, 5) is 23.7. The largest absolute Gasteiger partial charge is 0.469 e. The summed E-state index contributed by atoms with van der Waals surface area (Å²) >= 11 is 0. The summed E-state index contributed by atoms with van der Waals surface area (Å²) in [7, 11) is 2.90. The zero-order chi connectivity index (χ0) is 13.1. The van der Waals surface area contributed by atoms with Gasteiger partial charge in [0.1, 0.15) is 0 Å². The number of methoxy groups -OCH3 is 2. The lowest BCUT2D eigenvalue weighted by Crippen LogP contribution is -2.43. The minimum atomic E-state index is -0.102. The molecule has 4 atom stereocenters. The number of carbonyl (C=O) groups excluding carboxylic acids is 2. The Morgan fingerprint density at radius 2 is 1.17 bits per heavy atom. The fraction of sp³-hybridized carbons (Fsp3) is 0.857. The van der Waals surface area contributed by atoms with Crippen LogP contribution in [0, 0.1) is 23.7 Å². The minimum absolute atomic E-state index is 0.0128. The maximum Gasteiger partial charge on any atom is 0.308 e. The second-order valence-electron chi connectivity index (χ2n) is 5.45. The number of fused-ring (bicyclic) bond motifs is 1. The van der Waals surface area contributed by atoms with Crippen LogP contribution in [0.4, 0.5) is 0 Å². The SMILES string of the molecule is COC(=O)[C@H]1CC[C@@H](C(=O)OC)[C@@H]2CCCC[C@H]21. The number of rotatable bonds is 2. The van der Waals surface area contributed by atoms with Crippen LogP contribution in [0.5, 0.6) is 0 Å². The predicted octanol–water partition coefficient (Wildman–Crippen LogP) is 2.17. The van der Waals surface area contributed by atoms with Crippen molar-refractivity contribution in [2.24, 2.45) is 23.7 Å². The van der Waals surface area contributed by atoms with E-state index in [1.165, 1.54) is 14.2 Å². The molecular formula is C14H22O4. The average Bonchev–Trinajstić information content (AvgIpc) is 2.44. The Hall–Kier alpha value is -1.06. The van der Waals surface area contributed by atoms with Gasteiger partial charge in [-0.25, -0.2) is 0 Å². The van der Waals surface area contributed by atoms with Crippen molar-refractivity contribution in [2.75, 3.05) is 14.2 Å². The van der Waals surface area contributed by atoms with Crippen molar-refractivity contribution in [1.29, 1.82) is 0 Å². The highest BCUT2D eigenvalue weighted by atomic mass is 16.5. The molecule has 0 N–H and O–H groups in total. The molecule has 0 radical (unpaired) electrons. The lowest BCUT2D eigenvalue weighted by Gasteiger charge is -2.43. The van der Waals surface area contributed by atoms with Gasteiger partial charge in [0.25, 0.3) is 0 Å². The Labute approximate surface area is 108 Å². The molecule has 0 unspecified atom stereocenters. The van der Waals surface area contributed by atoms with E-state index in [9.17, 15) is 9.59 Å². The number of hydrogen-bond acceptors (Lipinski definition) is 4. The smallest absolute Gasteiger partial charge is 0.308 e. The van der Waals surface area contributed by atoms with Crippen molar-refractivity contribution >= 4 is 11.9 Å². The van der Waals surface area contributed by atoms with Gasteiger partial charge in [-0.05, 0) is 37.5 Å². The maximum atomic E-state index is 11.8. The molecule has 0 aromatic heterocycles. The van der Waals surface area contributed by atoms with Crippen LogP contribution in [-0.4, -0.2) is 26.2 Å². The van der Waals surface area contributed by atoms with E-state index in [2.05, 4.69) is 0 Å². The van der Waals surface area contributed by atoms with E-state index in [1.807, 2.05) is 0 Å². The fourth-order valence-electron chi connectivity index (χ4n) is 3.86. The van der Waals surface area contributed by atoms with Gasteiger partial charge in [0, 0.05) is 0 Å². The third-order valence-corrected chi connectivity index (χ3v) is 4.71. The summed E-state index contributed by atoms with van der Waals surface area (Å²) in [5.74, 6) is 0.390. The first kappa shape index (κ1) is 13.4. The van der Waals surface area contributed by atoms with Crippen molar-refractivity contribution in [3.05, 3.63) is 0 Å². The molecule has 2 saturated carbocycles. The van der Waals surface area contributed by atoms with Gasteiger partial charge < -0.3 is 9.47 Å². The van der Waals surface area contributed by atoms with Crippen LogP contribution in [0.15, 0.2) is 0 Å². The minimum Gasteiger partial charge on any atom is -0.469 e. The summed E-state index contributed by atoms with van der Waals surface area (Å²) in [6, 6.07) is 0. The lowest BCUT2D eigenvalue weighted by molar-refractivity contribution is -0.160. The molecule has 0 bridgehead atoms. The first-order chi connectivity index (χ1) is 8.69. The Bertz CT molecular complexity index is 294. The van der Waals surface area contributed by atoms with Crippen LogP contribution in [0.3, 0.4) is 0 Å². The van der Waals surface area contributed by atoms with Crippen molar-refractivity contribution in [3.63, 3.8) is 0 Å². The molecule has 2 aliphatic carbocycles. The molecular weight excluding hydrogens is 232 g/mol. The predicted molar refractivity (Wildman–Crippen MR) is 65.7 cm³/mol. The molecule has 102 valence electrons. The number of carbonyl (C=O) groups is 2. The summed E-state index contributed by atoms with van der Waals surface area (Å²) in [5, 5.41) is 0. The Balaban J connectivity index is 2.15. The van der Waals surface area contributed by atoms with Crippen molar-refractivity contribution in [1.82, 2.24) is 0 Å². The summed E-state index contributed by atoms with van der Waals surface area (Å²) < 4.78 is 9.81. The monoisotopic (exact) mass is 254 g/mol. The van der Waals surface area contributed by atoms with E-state index >= 15 is 0 Å². The number of hydrogen-bond donors (Lipinski definition) is 0. The molecule has 0 saturated heterocycles. The van der Waals surface area contributed by atoms with Crippen molar-refractivity contribution < 1.29 is 19.1 Å². The van der Waals surface area contributed by atoms with Crippen LogP contribution in [0.2, 0.25) is 0 Å². The highest BCUT2D eigenvalue weighted by Crippen LogP contribution is 2.47. The topological polar surface area (TPSA) is 52.6 Å². The molecule has 0 spiro atoms. The Morgan fingerprint density at radius 1 is 0.778 bits per heavy atom. The van der Waals surface area contributed by atoms with Crippen molar-refractivity contribution in [3.8, 4) is 0 Å². The molecule has 0 heterocycles.